The second-order valence-electron chi connectivity index (χ2n) is 6.41. The Morgan fingerprint density at radius 3 is 2.83 bits per heavy atom. The van der Waals surface area contributed by atoms with Gasteiger partial charge in [0.2, 0.25) is 0 Å². The van der Waals surface area contributed by atoms with Crippen molar-refractivity contribution < 1.29 is 10.2 Å². The molecular weight excluding hydrogens is 306 g/mol. The highest BCUT2D eigenvalue weighted by atomic mass is 16.3. The number of phenolic OH excluding ortho intramolecular Hbond substituents is 2. The highest BCUT2D eigenvalue weighted by Gasteiger charge is 2.22. The van der Waals surface area contributed by atoms with Gasteiger partial charge in [0, 0.05) is 44.1 Å². The third kappa shape index (κ3) is 3.28. The van der Waals surface area contributed by atoms with E-state index < -0.39 is 0 Å². The van der Waals surface area contributed by atoms with E-state index in [9.17, 15) is 15.0 Å². The molecule has 0 saturated heterocycles. The summed E-state index contributed by atoms with van der Waals surface area (Å²) in [6.07, 6.45) is 2.47. The first-order chi connectivity index (χ1) is 11.5. The van der Waals surface area contributed by atoms with Crippen LogP contribution in [0.4, 0.5) is 0 Å². The summed E-state index contributed by atoms with van der Waals surface area (Å²) >= 11 is 0. The van der Waals surface area contributed by atoms with Gasteiger partial charge in [0.1, 0.15) is 17.3 Å². The molecule has 0 saturated carbocycles. The number of phenols is 2. The van der Waals surface area contributed by atoms with E-state index in [0.717, 1.165) is 54.0 Å². The van der Waals surface area contributed by atoms with Crippen molar-refractivity contribution in [3.8, 4) is 11.5 Å². The van der Waals surface area contributed by atoms with E-state index in [-0.39, 0.29) is 17.1 Å². The van der Waals surface area contributed by atoms with Crippen LogP contribution in [0.25, 0.3) is 0 Å². The maximum Gasteiger partial charge on any atom is 0.255 e. The summed E-state index contributed by atoms with van der Waals surface area (Å²) in [4.78, 5) is 21.9. The molecule has 2 heterocycles. The lowest BCUT2D eigenvalue weighted by atomic mass is 10.0. The number of hydrogen-bond acceptors (Lipinski definition) is 5. The van der Waals surface area contributed by atoms with Gasteiger partial charge in [-0.1, -0.05) is 6.92 Å². The Balaban J connectivity index is 1.82. The molecule has 1 aromatic heterocycles. The summed E-state index contributed by atoms with van der Waals surface area (Å²) in [6.45, 7) is 5.76. The minimum Gasteiger partial charge on any atom is -0.508 e. The monoisotopic (exact) mass is 329 g/mol. The summed E-state index contributed by atoms with van der Waals surface area (Å²) in [6, 6.07) is 2.99. The summed E-state index contributed by atoms with van der Waals surface area (Å²) < 4.78 is 0. The third-order valence-corrected chi connectivity index (χ3v) is 4.50. The topological polar surface area (TPSA) is 89.5 Å². The molecule has 3 rings (SSSR count). The van der Waals surface area contributed by atoms with E-state index in [1.807, 2.05) is 6.92 Å². The minimum atomic E-state index is -0.0557. The molecule has 0 atom stereocenters. The number of rotatable bonds is 4. The molecule has 1 aromatic carbocycles. The number of nitrogens with one attached hydrogen (secondary N) is 1. The predicted octanol–water partition coefficient (Wildman–Crippen LogP) is 2.00. The van der Waals surface area contributed by atoms with Crippen molar-refractivity contribution in [2.75, 3.05) is 6.54 Å². The highest BCUT2D eigenvalue weighted by Crippen LogP contribution is 2.29. The third-order valence-electron chi connectivity index (χ3n) is 4.50. The molecule has 3 N–H and O–H groups in total. The average Bonchev–Trinajstić information content (AvgIpc) is 2.51. The molecule has 6 heteroatoms. The molecule has 0 aliphatic carbocycles. The van der Waals surface area contributed by atoms with E-state index in [1.165, 1.54) is 6.07 Å². The lowest BCUT2D eigenvalue weighted by Crippen LogP contribution is -2.36. The van der Waals surface area contributed by atoms with Gasteiger partial charge in [-0.3, -0.25) is 9.69 Å². The van der Waals surface area contributed by atoms with Crippen molar-refractivity contribution in [3.05, 3.63) is 50.7 Å². The van der Waals surface area contributed by atoms with Crippen molar-refractivity contribution in [3.63, 3.8) is 0 Å². The Hall–Kier alpha value is -2.34. The number of benzene rings is 1. The Morgan fingerprint density at radius 2 is 2.12 bits per heavy atom. The molecular formula is C18H23N3O3. The largest absolute Gasteiger partial charge is 0.508 e. The number of fused-ring (bicyclic) bond motifs is 1. The number of hydrogen-bond donors (Lipinski definition) is 3. The molecule has 0 bridgehead atoms. The van der Waals surface area contributed by atoms with Crippen molar-refractivity contribution in [2.45, 2.75) is 46.2 Å². The number of aromatic hydroxyl groups is 2. The quantitative estimate of drug-likeness (QED) is 0.798. The molecule has 2 aromatic rings. The molecule has 1 aliphatic heterocycles. The Morgan fingerprint density at radius 1 is 1.33 bits per heavy atom. The fourth-order valence-corrected chi connectivity index (χ4v) is 3.23. The lowest BCUT2D eigenvalue weighted by Gasteiger charge is -2.28. The standard InChI is InChI=1S/C18H23N3O3/c1-3-4-17-19-15-5-6-21(10-14(15)18(24)20-17)9-13-11(2)7-12(22)8-16(13)23/h7-8,22-23H,3-6,9-10H2,1-2H3,(H,19,20,24). The molecule has 128 valence electrons. The van der Waals surface area contributed by atoms with Crippen LogP contribution in [0.2, 0.25) is 0 Å². The average molecular weight is 329 g/mol. The maximum absolute atomic E-state index is 12.3. The van der Waals surface area contributed by atoms with Crippen molar-refractivity contribution >= 4 is 0 Å². The fraction of sp³-hybridized carbons (Fsp3) is 0.444. The van der Waals surface area contributed by atoms with Gasteiger partial charge >= 0.3 is 0 Å². The molecule has 0 unspecified atom stereocenters. The molecule has 0 spiro atoms. The molecule has 0 amide bonds. The second kappa shape index (κ2) is 6.65. The zero-order valence-electron chi connectivity index (χ0n) is 14.1. The Kier molecular flexibility index (Phi) is 4.57. The van der Waals surface area contributed by atoms with Crippen LogP contribution in [0.15, 0.2) is 16.9 Å². The SMILES string of the molecule is CCCc1nc2c(c(=O)[nH]1)CN(Cc1c(C)cc(O)cc1O)CC2. The van der Waals surface area contributed by atoms with E-state index >= 15 is 0 Å². The van der Waals surface area contributed by atoms with Crippen LogP contribution in [0.1, 0.15) is 41.6 Å². The first kappa shape index (κ1) is 16.5. The van der Waals surface area contributed by atoms with E-state index in [1.54, 1.807) is 6.07 Å². The van der Waals surface area contributed by atoms with Gasteiger partial charge in [0.15, 0.2) is 0 Å². The maximum atomic E-state index is 12.3. The molecule has 24 heavy (non-hydrogen) atoms. The van der Waals surface area contributed by atoms with E-state index in [4.69, 9.17) is 0 Å². The van der Waals surface area contributed by atoms with Crippen molar-refractivity contribution in [1.29, 1.82) is 0 Å². The summed E-state index contributed by atoms with van der Waals surface area (Å²) in [5.74, 6) is 0.909. The van der Waals surface area contributed by atoms with Crippen LogP contribution in [0.3, 0.4) is 0 Å². The normalized spacial score (nSPS) is 14.6. The van der Waals surface area contributed by atoms with Crippen LogP contribution < -0.4 is 5.56 Å². The number of H-pyrrole nitrogens is 1. The van der Waals surface area contributed by atoms with Crippen LogP contribution >= 0.6 is 0 Å². The highest BCUT2D eigenvalue weighted by molar-refractivity contribution is 5.44. The van der Waals surface area contributed by atoms with Crippen LogP contribution in [0, 0.1) is 6.92 Å². The minimum absolute atomic E-state index is 0.0557. The van der Waals surface area contributed by atoms with Gasteiger partial charge in [-0.2, -0.15) is 0 Å². The predicted molar refractivity (Wildman–Crippen MR) is 91.2 cm³/mol. The zero-order valence-corrected chi connectivity index (χ0v) is 14.1. The van der Waals surface area contributed by atoms with Gasteiger partial charge in [0.05, 0.1) is 11.3 Å². The van der Waals surface area contributed by atoms with E-state index in [0.29, 0.717) is 13.1 Å². The van der Waals surface area contributed by atoms with Crippen molar-refractivity contribution in [1.82, 2.24) is 14.9 Å². The first-order valence-electron chi connectivity index (χ1n) is 8.32. The zero-order chi connectivity index (χ0) is 17.3. The van der Waals surface area contributed by atoms with E-state index in [2.05, 4.69) is 21.8 Å². The first-order valence-corrected chi connectivity index (χ1v) is 8.32. The molecule has 1 aliphatic rings. The number of aromatic amines is 1. The van der Waals surface area contributed by atoms with Gasteiger partial charge < -0.3 is 15.2 Å². The fourth-order valence-electron chi connectivity index (χ4n) is 3.23. The van der Waals surface area contributed by atoms with Crippen LogP contribution in [0.5, 0.6) is 11.5 Å². The van der Waals surface area contributed by atoms with Crippen molar-refractivity contribution in [2.24, 2.45) is 0 Å². The van der Waals surface area contributed by atoms with Gasteiger partial charge in [-0.15, -0.1) is 0 Å². The number of aryl methyl sites for hydroxylation is 2. The molecule has 0 radical (unpaired) electrons. The summed E-state index contributed by atoms with van der Waals surface area (Å²) in [5.41, 5.74) is 3.17. The smallest absolute Gasteiger partial charge is 0.255 e. The second-order valence-corrected chi connectivity index (χ2v) is 6.41. The van der Waals surface area contributed by atoms with Crippen LogP contribution in [-0.2, 0) is 25.9 Å². The Labute approximate surface area is 140 Å². The van der Waals surface area contributed by atoms with Crippen LogP contribution in [-0.4, -0.2) is 31.6 Å². The van der Waals surface area contributed by atoms with Gasteiger partial charge in [0.25, 0.3) is 5.56 Å². The van der Waals surface area contributed by atoms with Gasteiger partial charge in [-0.25, -0.2) is 4.98 Å². The molecule has 6 nitrogen and oxygen atoms in total. The summed E-state index contributed by atoms with van der Waals surface area (Å²) in [7, 11) is 0. The molecule has 0 fully saturated rings. The lowest BCUT2D eigenvalue weighted by molar-refractivity contribution is 0.237. The Bertz CT molecular complexity index is 791. The number of aromatic nitrogens is 2. The number of nitrogens with zero attached hydrogens (tertiary/aromatic N) is 2. The summed E-state index contributed by atoms with van der Waals surface area (Å²) in [5, 5.41) is 19.6. The van der Waals surface area contributed by atoms with Gasteiger partial charge in [-0.05, 0) is 25.0 Å².